The summed E-state index contributed by atoms with van der Waals surface area (Å²) in [6.45, 7) is 1.48. The molecular weight excluding hydrogens is 320 g/mol. The van der Waals surface area contributed by atoms with Crippen molar-refractivity contribution in [2.75, 3.05) is 5.32 Å². The summed E-state index contributed by atoms with van der Waals surface area (Å²) in [5, 5.41) is 11.6. The number of rotatable bonds is 2. The lowest BCUT2D eigenvalue weighted by atomic mass is 10.3. The Labute approximate surface area is 123 Å². The van der Waals surface area contributed by atoms with Gasteiger partial charge in [0.2, 0.25) is 5.91 Å². The summed E-state index contributed by atoms with van der Waals surface area (Å²) in [5.74, 6) is -0.107. The highest BCUT2D eigenvalue weighted by Gasteiger charge is 2.06. The molecule has 0 saturated heterocycles. The van der Waals surface area contributed by atoms with Gasteiger partial charge in [-0.05, 0) is 42.5 Å². The van der Waals surface area contributed by atoms with Crippen LogP contribution < -0.4 is 5.32 Å². The number of nitrogens with zero attached hydrogens (tertiary/aromatic N) is 3. The predicted molar refractivity (Wildman–Crippen MR) is 80.9 cm³/mol. The van der Waals surface area contributed by atoms with Crippen LogP contribution in [0, 0.1) is 0 Å². The minimum absolute atomic E-state index is 0.107. The molecule has 0 aliphatic carbocycles. The van der Waals surface area contributed by atoms with Gasteiger partial charge in [0.1, 0.15) is 11.0 Å². The zero-order valence-corrected chi connectivity index (χ0v) is 12.3. The number of amides is 1. The van der Waals surface area contributed by atoms with E-state index in [4.69, 9.17) is 0 Å². The van der Waals surface area contributed by atoms with Crippen LogP contribution in [-0.2, 0) is 4.79 Å². The van der Waals surface area contributed by atoms with Crippen molar-refractivity contribution in [3.05, 3.63) is 46.9 Å². The molecule has 1 heterocycles. The Morgan fingerprint density at radius 3 is 2.50 bits per heavy atom. The maximum absolute atomic E-state index is 11.1. The zero-order chi connectivity index (χ0) is 14.1. The van der Waals surface area contributed by atoms with E-state index in [1.165, 1.54) is 6.92 Å². The molecule has 0 radical (unpaired) electrons. The first kappa shape index (κ1) is 12.8. The average molecular weight is 331 g/mol. The van der Waals surface area contributed by atoms with E-state index in [0.717, 1.165) is 21.2 Å². The van der Waals surface area contributed by atoms with Gasteiger partial charge in [-0.1, -0.05) is 15.9 Å². The summed E-state index contributed by atoms with van der Waals surface area (Å²) in [6, 6.07) is 13.2. The normalized spacial score (nSPS) is 10.7. The summed E-state index contributed by atoms with van der Waals surface area (Å²) in [6.07, 6.45) is 0. The molecule has 0 fully saturated rings. The van der Waals surface area contributed by atoms with Crippen LogP contribution in [0.5, 0.6) is 0 Å². The van der Waals surface area contributed by atoms with E-state index in [-0.39, 0.29) is 5.91 Å². The summed E-state index contributed by atoms with van der Waals surface area (Å²) >= 11 is 3.39. The number of hydrogen-bond acceptors (Lipinski definition) is 3. The number of aromatic nitrogens is 3. The Balaban J connectivity index is 2.01. The third-order valence-electron chi connectivity index (χ3n) is 2.76. The van der Waals surface area contributed by atoms with Crippen LogP contribution in [0.15, 0.2) is 46.9 Å². The monoisotopic (exact) mass is 330 g/mol. The first-order valence-electron chi connectivity index (χ1n) is 6.02. The number of carbonyl (C=O) groups excluding carboxylic acids is 1. The number of benzene rings is 2. The fraction of sp³-hybridized carbons (Fsp3) is 0.0714. The van der Waals surface area contributed by atoms with Crippen LogP contribution in [0.4, 0.5) is 5.69 Å². The lowest BCUT2D eigenvalue weighted by Gasteiger charge is -1.99. The molecule has 1 N–H and O–H groups in total. The fourth-order valence-corrected chi connectivity index (χ4v) is 2.15. The second-order valence-electron chi connectivity index (χ2n) is 4.35. The van der Waals surface area contributed by atoms with Crippen molar-refractivity contribution >= 4 is 38.6 Å². The number of carbonyl (C=O) groups is 1. The third kappa shape index (κ3) is 2.55. The number of nitrogens with one attached hydrogen (secondary N) is 1. The molecule has 0 spiro atoms. The van der Waals surface area contributed by atoms with Crippen molar-refractivity contribution in [3.63, 3.8) is 0 Å². The maximum atomic E-state index is 11.1. The van der Waals surface area contributed by atoms with Crippen molar-refractivity contribution in [2.24, 2.45) is 0 Å². The minimum atomic E-state index is -0.107. The van der Waals surface area contributed by atoms with Crippen molar-refractivity contribution in [1.82, 2.24) is 15.0 Å². The average Bonchev–Trinajstić information content (AvgIpc) is 2.81. The summed E-state index contributed by atoms with van der Waals surface area (Å²) in [7, 11) is 0. The van der Waals surface area contributed by atoms with Crippen LogP contribution in [-0.4, -0.2) is 20.9 Å². The van der Waals surface area contributed by atoms with Crippen LogP contribution in [0.1, 0.15) is 6.92 Å². The van der Waals surface area contributed by atoms with E-state index >= 15 is 0 Å². The molecule has 3 rings (SSSR count). The number of hydrogen-bond donors (Lipinski definition) is 1. The van der Waals surface area contributed by atoms with Gasteiger partial charge in [-0.25, -0.2) is 0 Å². The molecule has 0 bridgehead atoms. The van der Waals surface area contributed by atoms with Gasteiger partial charge < -0.3 is 5.32 Å². The topological polar surface area (TPSA) is 59.8 Å². The molecule has 5 nitrogen and oxygen atoms in total. The van der Waals surface area contributed by atoms with E-state index in [9.17, 15) is 4.79 Å². The van der Waals surface area contributed by atoms with Gasteiger partial charge in [0, 0.05) is 17.1 Å². The first-order valence-corrected chi connectivity index (χ1v) is 6.82. The van der Waals surface area contributed by atoms with Gasteiger partial charge >= 0.3 is 0 Å². The highest BCUT2D eigenvalue weighted by atomic mass is 79.9. The smallest absolute Gasteiger partial charge is 0.221 e. The Bertz CT molecular complexity index is 779. The second kappa shape index (κ2) is 5.05. The highest BCUT2D eigenvalue weighted by molar-refractivity contribution is 9.10. The molecule has 0 aliphatic heterocycles. The van der Waals surface area contributed by atoms with Crippen molar-refractivity contribution in [2.45, 2.75) is 6.92 Å². The van der Waals surface area contributed by atoms with Gasteiger partial charge in [-0.3, -0.25) is 4.79 Å². The van der Waals surface area contributed by atoms with E-state index in [1.54, 1.807) is 10.9 Å². The molecule has 0 saturated carbocycles. The van der Waals surface area contributed by atoms with Crippen LogP contribution >= 0.6 is 15.9 Å². The molecule has 2 aromatic carbocycles. The molecule has 1 aromatic heterocycles. The molecule has 0 unspecified atom stereocenters. The molecule has 6 heteroatoms. The maximum Gasteiger partial charge on any atom is 0.221 e. The Kier molecular flexibility index (Phi) is 3.23. The summed E-state index contributed by atoms with van der Waals surface area (Å²) < 4.78 is 1.01. The second-order valence-corrected chi connectivity index (χ2v) is 5.27. The standard InChI is InChI=1S/C14H11BrN4O/c1-9(20)16-11-4-7-13-14(8-11)18-19(17-13)12-5-2-10(15)3-6-12/h2-8H,1H3,(H,16,20). The van der Waals surface area contributed by atoms with E-state index < -0.39 is 0 Å². The Morgan fingerprint density at radius 1 is 1.10 bits per heavy atom. The van der Waals surface area contributed by atoms with E-state index in [1.807, 2.05) is 36.4 Å². The number of anilines is 1. The number of fused-ring (bicyclic) bond motifs is 1. The third-order valence-corrected chi connectivity index (χ3v) is 3.29. The molecule has 3 aromatic rings. The summed E-state index contributed by atoms with van der Waals surface area (Å²) in [5.41, 5.74) is 3.11. The van der Waals surface area contributed by atoms with Gasteiger partial charge in [-0.2, -0.15) is 4.80 Å². The van der Waals surface area contributed by atoms with E-state index in [0.29, 0.717) is 5.69 Å². The molecule has 1 amide bonds. The predicted octanol–water partition coefficient (Wildman–Crippen LogP) is 3.14. The summed E-state index contributed by atoms with van der Waals surface area (Å²) in [4.78, 5) is 12.6. The largest absolute Gasteiger partial charge is 0.326 e. The van der Waals surface area contributed by atoms with Gasteiger partial charge in [0.25, 0.3) is 0 Å². The van der Waals surface area contributed by atoms with Crippen molar-refractivity contribution < 1.29 is 4.79 Å². The van der Waals surface area contributed by atoms with Crippen LogP contribution in [0.2, 0.25) is 0 Å². The van der Waals surface area contributed by atoms with E-state index in [2.05, 4.69) is 31.4 Å². The SMILES string of the molecule is CC(=O)Nc1ccc2nn(-c3ccc(Br)cc3)nc2c1. The minimum Gasteiger partial charge on any atom is -0.326 e. The Morgan fingerprint density at radius 2 is 1.80 bits per heavy atom. The quantitative estimate of drug-likeness (QED) is 0.785. The van der Waals surface area contributed by atoms with Gasteiger partial charge in [-0.15, -0.1) is 10.2 Å². The lowest BCUT2D eigenvalue weighted by Crippen LogP contribution is -2.05. The molecular formula is C14H11BrN4O. The van der Waals surface area contributed by atoms with Gasteiger partial charge in [0.05, 0.1) is 5.69 Å². The first-order chi connectivity index (χ1) is 9.61. The van der Waals surface area contributed by atoms with Crippen LogP contribution in [0.3, 0.4) is 0 Å². The number of halogens is 1. The van der Waals surface area contributed by atoms with Gasteiger partial charge in [0.15, 0.2) is 0 Å². The molecule has 0 aliphatic rings. The Hall–Kier alpha value is -2.21. The fourth-order valence-electron chi connectivity index (χ4n) is 1.89. The van der Waals surface area contributed by atoms with Crippen molar-refractivity contribution in [3.8, 4) is 5.69 Å². The van der Waals surface area contributed by atoms with Crippen LogP contribution in [0.25, 0.3) is 16.7 Å². The highest BCUT2D eigenvalue weighted by Crippen LogP contribution is 2.18. The molecule has 100 valence electrons. The lowest BCUT2D eigenvalue weighted by molar-refractivity contribution is -0.114. The molecule has 0 atom stereocenters. The zero-order valence-electron chi connectivity index (χ0n) is 10.7. The van der Waals surface area contributed by atoms with Crippen molar-refractivity contribution in [1.29, 1.82) is 0 Å². The molecule has 20 heavy (non-hydrogen) atoms.